The van der Waals surface area contributed by atoms with Gasteiger partial charge in [-0.3, -0.25) is 0 Å². The molecule has 4 heteroatoms. The zero-order valence-electron chi connectivity index (χ0n) is 1.95. The first-order chi connectivity index (χ1) is 0. The second kappa shape index (κ2) is 15.7. The molecule has 3 radical (unpaired) electrons. The maximum atomic E-state index is 0. The van der Waals surface area contributed by atoms with Crippen LogP contribution in [-0.4, -0.2) is 26.2 Å². The molecule has 0 aromatic rings. The van der Waals surface area contributed by atoms with Crippen LogP contribution in [0.4, 0.5) is 0 Å². The first-order valence-electron chi connectivity index (χ1n) is 0. The summed E-state index contributed by atoms with van der Waals surface area (Å²) in [6.45, 7) is 0. The van der Waals surface area contributed by atoms with Gasteiger partial charge in [0.1, 0.15) is 0 Å². The van der Waals surface area contributed by atoms with Crippen molar-refractivity contribution in [3.8, 4) is 0 Å². The molecule has 0 spiro atoms. The second-order valence-corrected chi connectivity index (χ2v) is 0. The van der Waals surface area contributed by atoms with E-state index in [1.807, 2.05) is 0 Å². The maximum absolute atomic E-state index is 0. The van der Waals surface area contributed by atoms with Crippen molar-refractivity contribution in [3.05, 3.63) is 0 Å². The average molecular weight is 923 g/mol. The molecule has 0 aromatic heterocycles. The molecule has 0 N–H and O–H groups in total. The van der Waals surface area contributed by atoms with Crippen molar-refractivity contribution in [1.29, 1.82) is 0 Å². The van der Waals surface area contributed by atoms with Gasteiger partial charge in [0.15, 0.2) is 0 Å². The van der Waals surface area contributed by atoms with Crippen molar-refractivity contribution < 1.29 is 93.3 Å². The van der Waals surface area contributed by atoms with E-state index in [1.165, 1.54) is 0 Å². The quantitative estimate of drug-likeness (QED) is 0.292. The molecule has 0 rings (SSSR count). The van der Waals surface area contributed by atoms with E-state index >= 15 is 0 Å². The third-order valence-electron chi connectivity index (χ3n) is 0. The first kappa shape index (κ1) is 24.4. The van der Waals surface area contributed by atoms with Gasteiger partial charge < -0.3 is 0 Å². The Morgan fingerprint density at radius 1 is 0.500 bits per heavy atom. The van der Waals surface area contributed by atoms with Crippen molar-refractivity contribution in [1.82, 2.24) is 0 Å². The van der Waals surface area contributed by atoms with Gasteiger partial charge >= 0.3 is 0 Å². The molecule has 0 unspecified atom stereocenters. The molecule has 0 aliphatic heterocycles. The molecule has 4 heavy (non-hydrogen) atoms. The van der Waals surface area contributed by atoms with Crippen LogP contribution < -0.4 is 0 Å². The van der Waals surface area contributed by atoms with Crippen LogP contribution in [-0.2, 0) is 0 Å². The Morgan fingerprint density at radius 3 is 0.500 bits per heavy atom. The molecule has 0 aromatic carbocycles. The van der Waals surface area contributed by atoms with Crippen molar-refractivity contribution >= 4 is 26.2 Å². The van der Waals surface area contributed by atoms with Crippen LogP contribution in [0.5, 0.6) is 0 Å². The van der Waals surface area contributed by atoms with Crippen LogP contribution in [0.3, 0.4) is 0 Å². The molecule has 0 aliphatic rings. The molecular weight excluding hydrogens is 923 g/mol. The minimum Gasteiger partial charge on any atom is 0 e. The summed E-state index contributed by atoms with van der Waals surface area (Å²) in [5, 5.41) is 0. The van der Waals surface area contributed by atoms with E-state index < -0.39 is 0 Å². The van der Waals surface area contributed by atoms with Crippen LogP contribution in [0, 0.1) is 93.3 Å². The van der Waals surface area contributed by atoms with E-state index in [1.54, 1.807) is 0 Å². The molecule has 0 aliphatic carbocycles. The molecule has 0 fully saturated rings. The predicted molar refractivity (Wildman–Crippen MR) is 5.75 cm³/mol. The maximum Gasteiger partial charge on any atom is 0 e. The normalized spacial score (nSPS) is 0. The average Bonchev–Trinajstić information content (AvgIpc) is 0. The van der Waals surface area contributed by atoms with E-state index in [4.69, 9.17) is 0 Å². The van der Waals surface area contributed by atoms with Crippen molar-refractivity contribution in [2.45, 2.75) is 0 Å². The molecule has 0 saturated heterocycles. The Labute approximate surface area is 116 Å². The van der Waals surface area contributed by atoms with Crippen molar-refractivity contribution in [2.75, 3.05) is 0 Å². The van der Waals surface area contributed by atoms with Crippen molar-refractivity contribution in [3.63, 3.8) is 0 Å². The van der Waals surface area contributed by atoms with Gasteiger partial charge in [-0.15, -0.1) is 0 Å². The van der Waals surface area contributed by atoms with Gasteiger partial charge in [0, 0.05) is 120 Å². The summed E-state index contributed by atoms with van der Waals surface area (Å²) in [7, 11) is 0. The van der Waals surface area contributed by atoms with Crippen molar-refractivity contribution in [2.24, 2.45) is 0 Å². The Bertz CT molecular complexity index is 3.25. The molecule has 0 atom stereocenters. The largest absolute Gasteiger partial charge is 0 e. The van der Waals surface area contributed by atoms with E-state index in [0.29, 0.717) is 0 Å². The zero-order valence-corrected chi connectivity index (χ0v) is 17.9. The van der Waals surface area contributed by atoms with Gasteiger partial charge in [-0.05, 0) is 0 Å². The van der Waals surface area contributed by atoms with Gasteiger partial charge in [-0.25, -0.2) is 0 Å². The molecule has 0 heterocycles. The number of hydrogen-bond donors (Lipinski definition) is 0. The van der Waals surface area contributed by atoms with E-state index in [9.17, 15) is 0 Å². The fourth-order valence-corrected chi connectivity index (χ4v) is 0. The van der Waals surface area contributed by atoms with Crippen LogP contribution in [0.25, 0.3) is 0 Å². The summed E-state index contributed by atoms with van der Waals surface area (Å²) in [6, 6.07) is 0. The van der Waals surface area contributed by atoms with Gasteiger partial charge in [-0.1, -0.05) is 0 Å². The van der Waals surface area contributed by atoms with E-state index in [0.717, 1.165) is 0 Å². The molecule has 0 amide bonds. The van der Waals surface area contributed by atoms with Gasteiger partial charge in [0.25, 0.3) is 0 Å². The number of hydrogen-bond acceptors (Lipinski definition) is 0. The fourth-order valence-electron chi connectivity index (χ4n) is 0. The predicted octanol–water partition coefficient (Wildman–Crippen LogP) is -0.381. The molecular formula is BiU3. The molecule has 0 saturated carbocycles. The SMILES string of the molecule is [Bi].[U].[U].[U]. The zero-order chi connectivity index (χ0) is 0. The summed E-state index contributed by atoms with van der Waals surface area (Å²) in [5.74, 6) is 0. The smallest absolute Gasteiger partial charge is 0 e. The number of rotatable bonds is 0. The Balaban J connectivity index is 0. The van der Waals surface area contributed by atoms with Gasteiger partial charge in [0.05, 0.1) is 0 Å². The third kappa shape index (κ3) is 9.40. The second-order valence-electron chi connectivity index (χ2n) is 0. The molecule has 0 bridgehead atoms. The fraction of sp³-hybridized carbons (Fsp3) is 0. The van der Waals surface area contributed by atoms with E-state index in [2.05, 4.69) is 0 Å². The van der Waals surface area contributed by atoms with Crippen LogP contribution in [0.1, 0.15) is 0 Å². The van der Waals surface area contributed by atoms with E-state index in [-0.39, 0.29) is 120 Å². The summed E-state index contributed by atoms with van der Waals surface area (Å²) in [5.41, 5.74) is 0. The standard InChI is InChI=1S/Bi.3U. The minimum absolute atomic E-state index is 0. The third-order valence-corrected chi connectivity index (χ3v) is 0. The topological polar surface area (TPSA) is 0 Å². The summed E-state index contributed by atoms with van der Waals surface area (Å²) in [4.78, 5) is 0. The van der Waals surface area contributed by atoms with Crippen LogP contribution in [0.15, 0.2) is 0 Å². The molecule has 17 valence electrons. The Hall–Kier alpha value is 4.04. The Morgan fingerprint density at radius 2 is 0.500 bits per heavy atom. The van der Waals surface area contributed by atoms with Crippen LogP contribution in [0.2, 0.25) is 0 Å². The minimum atomic E-state index is 0. The first-order valence-corrected chi connectivity index (χ1v) is 0. The molecule has 0 nitrogen and oxygen atoms in total. The summed E-state index contributed by atoms with van der Waals surface area (Å²) < 4.78 is 0. The van der Waals surface area contributed by atoms with Gasteiger partial charge in [0.2, 0.25) is 0 Å². The monoisotopic (exact) mass is 923 g/mol. The van der Waals surface area contributed by atoms with Gasteiger partial charge in [-0.2, -0.15) is 0 Å². The summed E-state index contributed by atoms with van der Waals surface area (Å²) >= 11 is 0. The summed E-state index contributed by atoms with van der Waals surface area (Å²) in [6.07, 6.45) is 0. The Kier molecular flexibility index (Phi) is 96.1. The van der Waals surface area contributed by atoms with Crippen LogP contribution >= 0.6 is 0 Å².